The molecule has 0 radical (unpaired) electrons. The van der Waals surface area contributed by atoms with Gasteiger partial charge in [0.15, 0.2) is 0 Å². The molecule has 4 rings (SSSR count). The molecule has 1 aromatic heterocycles. The topological polar surface area (TPSA) is 85.2 Å². The smallest absolute Gasteiger partial charge is 0.337 e. The van der Waals surface area contributed by atoms with Crippen molar-refractivity contribution in [3.63, 3.8) is 0 Å². The highest BCUT2D eigenvalue weighted by molar-refractivity contribution is 5.95. The molecule has 30 heavy (non-hydrogen) atoms. The monoisotopic (exact) mass is 406 g/mol. The van der Waals surface area contributed by atoms with Crippen LogP contribution in [0.1, 0.15) is 18.5 Å². The highest BCUT2D eigenvalue weighted by atomic mass is 19.1. The number of nitrogens with zero attached hydrogens (tertiary/aromatic N) is 2. The molecule has 0 spiro atoms. The molecule has 0 unspecified atom stereocenters. The van der Waals surface area contributed by atoms with Gasteiger partial charge in [0, 0.05) is 23.0 Å². The SMILES string of the molecule is COC(=O)C1=C(C)NC(=O)N[C@H]1c1cn(-c2ccccc2)nc1-c1ccc(F)cc1. The number of para-hydroxylation sites is 1. The van der Waals surface area contributed by atoms with E-state index in [4.69, 9.17) is 4.74 Å². The van der Waals surface area contributed by atoms with Crippen LogP contribution in [-0.4, -0.2) is 28.9 Å². The number of allylic oxidation sites excluding steroid dienone is 1. The van der Waals surface area contributed by atoms with Crippen molar-refractivity contribution >= 4 is 12.0 Å². The molecule has 1 aliphatic heterocycles. The summed E-state index contributed by atoms with van der Waals surface area (Å²) in [6, 6.07) is 14.1. The number of rotatable bonds is 4. The van der Waals surface area contributed by atoms with E-state index >= 15 is 0 Å². The minimum absolute atomic E-state index is 0.271. The molecular weight excluding hydrogens is 387 g/mol. The number of nitrogens with one attached hydrogen (secondary N) is 2. The van der Waals surface area contributed by atoms with Crippen LogP contribution in [0.15, 0.2) is 72.1 Å². The van der Waals surface area contributed by atoms with Gasteiger partial charge in [-0.25, -0.2) is 18.7 Å². The number of urea groups is 1. The predicted molar refractivity (Wildman–Crippen MR) is 108 cm³/mol. The maximum atomic E-state index is 13.5. The highest BCUT2D eigenvalue weighted by Crippen LogP contribution is 2.34. The van der Waals surface area contributed by atoms with Crippen molar-refractivity contribution in [1.82, 2.24) is 20.4 Å². The second-order valence-corrected chi connectivity index (χ2v) is 6.78. The molecule has 0 bridgehead atoms. The molecule has 0 saturated heterocycles. The van der Waals surface area contributed by atoms with Crippen LogP contribution in [0.4, 0.5) is 9.18 Å². The molecule has 2 N–H and O–H groups in total. The standard InChI is InChI=1S/C22H19FN4O3/c1-13-18(21(28)30-2)20(25-22(29)24-13)17-12-27(16-6-4-3-5-7-16)26-19(17)14-8-10-15(23)11-9-14/h3-12,20H,1-2H3,(H2,24,25,29)/t20-/m0/s1. The Bertz CT molecular complexity index is 1140. The molecular formula is C22H19FN4O3. The van der Waals surface area contributed by atoms with Crippen LogP contribution in [0.2, 0.25) is 0 Å². The van der Waals surface area contributed by atoms with Crippen LogP contribution in [0.3, 0.4) is 0 Å². The Labute approximate surface area is 172 Å². The Morgan fingerprint density at radius 3 is 2.50 bits per heavy atom. The van der Waals surface area contributed by atoms with E-state index in [1.165, 1.54) is 19.2 Å². The number of ether oxygens (including phenoxy) is 1. The number of methoxy groups -OCH3 is 1. The summed E-state index contributed by atoms with van der Waals surface area (Å²) in [6.07, 6.45) is 1.75. The van der Waals surface area contributed by atoms with E-state index in [-0.39, 0.29) is 11.4 Å². The Hall–Kier alpha value is -3.94. The fourth-order valence-electron chi connectivity index (χ4n) is 3.45. The lowest BCUT2D eigenvalue weighted by molar-refractivity contribution is -0.136. The molecule has 0 saturated carbocycles. The van der Waals surface area contributed by atoms with E-state index in [1.807, 2.05) is 30.3 Å². The molecule has 8 heteroatoms. The van der Waals surface area contributed by atoms with E-state index in [0.717, 1.165) is 5.69 Å². The van der Waals surface area contributed by atoms with Gasteiger partial charge in [0.25, 0.3) is 0 Å². The minimum atomic E-state index is -0.788. The van der Waals surface area contributed by atoms with E-state index in [9.17, 15) is 14.0 Å². The van der Waals surface area contributed by atoms with Gasteiger partial charge in [0.1, 0.15) is 5.82 Å². The van der Waals surface area contributed by atoms with Gasteiger partial charge < -0.3 is 15.4 Å². The summed E-state index contributed by atoms with van der Waals surface area (Å²) in [4.78, 5) is 24.7. The van der Waals surface area contributed by atoms with Crippen molar-refractivity contribution in [2.24, 2.45) is 0 Å². The summed E-state index contributed by atoms with van der Waals surface area (Å²) in [6.45, 7) is 1.64. The zero-order valence-corrected chi connectivity index (χ0v) is 16.3. The van der Waals surface area contributed by atoms with Gasteiger partial charge in [-0.15, -0.1) is 0 Å². The third-order valence-electron chi connectivity index (χ3n) is 4.87. The summed E-state index contributed by atoms with van der Waals surface area (Å²) in [5.41, 5.74) is 3.21. The van der Waals surface area contributed by atoms with Crippen molar-refractivity contribution in [2.75, 3.05) is 7.11 Å². The second kappa shape index (κ2) is 7.82. The summed E-state index contributed by atoms with van der Waals surface area (Å²) in [5.74, 6) is -0.938. The summed E-state index contributed by atoms with van der Waals surface area (Å²) < 4.78 is 20.1. The number of benzene rings is 2. The highest BCUT2D eigenvalue weighted by Gasteiger charge is 2.35. The molecule has 2 aromatic carbocycles. The first-order valence-corrected chi connectivity index (χ1v) is 9.25. The van der Waals surface area contributed by atoms with Gasteiger partial charge in [0.05, 0.1) is 30.1 Å². The van der Waals surface area contributed by atoms with Crippen LogP contribution in [-0.2, 0) is 9.53 Å². The molecule has 1 atom stereocenters. The Kier molecular flexibility index (Phi) is 5.05. The van der Waals surface area contributed by atoms with Crippen molar-refractivity contribution in [3.05, 3.63) is 83.4 Å². The van der Waals surface area contributed by atoms with Crippen LogP contribution >= 0.6 is 0 Å². The van der Waals surface area contributed by atoms with E-state index in [0.29, 0.717) is 22.5 Å². The molecule has 7 nitrogen and oxygen atoms in total. The zero-order valence-electron chi connectivity index (χ0n) is 16.3. The number of amides is 2. The first-order valence-electron chi connectivity index (χ1n) is 9.25. The van der Waals surface area contributed by atoms with Crippen LogP contribution in [0.5, 0.6) is 0 Å². The molecule has 0 aliphatic carbocycles. The first kappa shape index (κ1) is 19.4. The van der Waals surface area contributed by atoms with Gasteiger partial charge in [-0.2, -0.15) is 5.10 Å². The normalized spacial score (nSPS) is 16.1. The van der Waals surface area contributed by atoms with Gasteiger partial charge in [-0.3, -0.25) is 0 Å². The van der Waals surface area contributed by atoms with Crippen LogP contribution < -0.4 is 10.6 Å². The molecule has 0 fully saturated rings. The average molecular weight is 406 g/mol. The first-order chi connectivity index (χ1) is 14.5. The number of halogens is 1. The number of hydrogen-bond acceptors (Lipinski definition) is 4. The number of carbonyl (C=O) groups excluding carboxylic acids is 2. The summed E-state index contributed by atoms with van der Waals surface area (Å²) >= 11 is 0. The predicted octanol–water partition coefficient (Wildman–Crippen LogP) is 3.48. The van der Waals surface area contributed by atoms with E-state index in [1.54, 1.807) is 29.9 Å². The molecule has 1 aliphatic rings. The number of aromatic nitrogens is 2. The van der Waals surface area contributed by atoms with Crippen molar-refractivity contribution < 1.29 is 18.7 Å². The number of hydrogen-bond donors (Lipinski definition) is 2. The summed E-state index contributed by atoms with van der Waals surface area (Å²) in [5, 5.41) is 10.1. The third kappa shape index (κ3) is 3.55. The molecule has 2 heterocycles. The van der Waals surface area contributed by atoms with E-state index in [2.05, 4.69) is 15.7 Å². The average Bonchev–Trinajstić information content (AvgIpc) is 3.19. The third-order valence-corrected chi connectivity index (χ3v) is 4.87. The molecule has 152 valence electrons. The van der Waals surface area contributed by atoms with Crippen LogP contribution in [0.25, 0.3) is 16.9 Å². The molecule has 3 aromatic rings. The summed E-state index contributed by atoms with van der Waals surface area (Å²) in [7, 11) is 1.28. The zero-order chi connectivity index (χ0) is 21.3. The van der Waals surface area contributed by atoms with Gasteiger partial charge in [0.2, 0.25) is 0 Å². The Balaban J connectivity index is 1.92. The molecule has 2 amide bonds. The van der Waals surface area contributed by atoms with Crippen LogP contribution in [0, 0.1) is 5.82 Å². The van der Waals surface area contributed by atoms with E-state index < -0.39 is 18.0 Å². The Morgan fingerprint density at radius 1 is 1.13 bits per heavy atom. The number of carbonyl (C=O) groups is 2. The van der Waals surface area contributed by atoms with Crippen molar-refractivity contribution in [2.45, 2.75) is 13.0 Å². The van der Waals surface area contributed by atoms with Gasteiger partial charge in [-0.05, 0) is 43.3 Å². The minimum Gasteiger partial charge on any atom is -0.466 e. The fourth-order valence-corrected chi connectivity index (χ4v) is 3.45. The fraction of sp³-hybridized carbons (Fsp3) is 0.136. The lowest BCUT2D eigenvalue weighted by Gasteiger charge is -2.27. The maximum Gasteiger partial charge on any atom is 0.337 e. The van der Waals surface area contributed by atoms with Gasteiger partial charge in [-0.1, -0.05) is 18.2 Å². The lowest BCUT2D eigenvalue weighted by Crippen LogP contribution is -2.45. The lowest BCUT2D eigenvalue weighted by atomic mass is 9.94. The quantitative estimate of drug-likeness (QED) is 0.650. The van der Waals surface area contributed by atoms with Gasteiger partial charge >= 0.3 is 12.0 Å². The number of esters is 1. The van der Waals surface area contributed by atoms with Crippen molar-refractivity contribution in [3.8, 4) is 16.9 Å². The largest absolute Gasteiger partial charge is 0.466 e. The Morgan fingerprint density at radius 2 is 1.83 bits per heavy atom. The second-order valence-electron chi connectivity index (χ2n) is 6.78. The van der Waals surface area contributed by atoms with Crippen molar-refractivity contribution in [1.29, 1.82) is 0 Å². The maximum absolute atomic E-state index is 13.5.